The summed E-state index contributed by atoms with van der Waals surface area (Å²) in [4.78, 5) is 12.6. The fourth-order valence-corrected chi connectivity index (χ4v) is 8.37. The number of hydrogen-bond donors (Lipinski definition) is 0. The van der Waals surface area contributed by atoms with Crippen molar-refractivity contribution in [3.63, 3.8) is 0 Å². The van der Waals surface area contributed by atoms with Crippen LogP contribution in [0.1, 0.15) is 0 Å². The van der Waals surface area contributed by atoms with Crippen LogP contribution in [-0.4, -0.2) is 9.97 Å². The summed E-state index contributed by atoms with van der Waals surface area (Å²) < 4.78 is 2.58. The molecule has 10 rings (SSSR count). The van der Waals surface area contributed by atoms with Crippen LogP contribution in [0.3, 0.4) is 0 Å². The first kappa shape index (κ1) is 30.2. The molecule has 0 fully saturated rings. The summed E-state index contributed by atoms with van der Waals surface area (Å²) in [6.07, 6.45) is 0. The smallest absolute Gasteiger partial charge is 0.160 e. The van der Waals surface area contributed by atoms with Crippen LogP contribution in [0.2, 0.25) is 0 Å². The first-order valence-electron chi connectivity index (χ1n) is 17.5. The van der Waals surface area contributed by atoms with Crippen LogP contribution < -0.4 is 4.90 Å². The van der Waals surface area contributed by atoms with E-state index in [1.54, 1.807) is 0 Å². The minimum Gasteiger partial charge on any atom is -0.311 e. The molecule has 0 aliphatic carbocycles. The SMILES string of the molecule is c1ccc(-c2ccc(N(c3ccccc3)c3ccc(-c4nc(-c5ccc6sc7cc8ccccc8cc7c6c5)c5ccccc5n4)cc3)cc2)cc1. The molecule has 0 unspecified atom stereocenters. The van der Waals surface area contributed by atoms with E-state index in [9.17, 15) is 0 Å². The second kappa shape index (κ2) is 12.6. The van der Waals surface area contributed by atoms with Crippen LogP contribution in [0.15, 0.2) is 188 Å². The molecule has 52 heavy (non-hydrogen) atoms. The van der Waals surface area contributed by atoms with Crippen molar-refractivity contribution >= 4 is 70.2 Å². The summed E-state index contributed by atoms with van der Waals surface area (Å²) in [6, 6.07) is 66.7. The van der Waals surface area contributed by atoms with Gasteiger partial charge in [0.25, 0.3) is 0 Å². The molecule has 0 aliphatic rings. The Balaban J connectivity index is 1.05. The maximum Gasteiger partial charge on any atom is 0.160 e. The number of para-hydroxylation sites is 2. The van der Waals surface area contributed by atoms with E-state index in [-0.39, 0.29) is 0 Å². The molecule has 4 heteroatoms. The van der Waals surface area contributed by atoms with Crippen molar-refractivity contribution in [2.75, 3.05) is 4.90 Å². The van der Waals surface area contributed by atoms with E-state index in [0.29, 0.717) is 5.82 Å². The molecule has 0 aliphatic heterocycles. The van der Waals surface area contributed by atoms with Crippen molar-refractivity contribution in [3.05, 3.63) is 188 Å². The van der Waals surface area contributed by atoms with Gasteiger partial charge in [-0.05, 0) is 101 Å². The number of benzene rings is 8. The predicted octanol–water partition coefficient (Wildman–Crippen LogP) is 13.6. The molecular weight excluding hydrogens is 651 g/mol. The van der Waals surface area contributed by atoms with Gasteiger partial charge in [-0.25, -0.2) is 9.97 Å². The average molecular weight is 682 g/mol. The number of hydrogen-bond acceptors (Lipinski definition) is 4. The van der Waals surface area contributed by atoms with Crippen LogP contribution in [-0.2, 0) is 0 Å². The second-order valence-corrected chi connectivity index (χ2v) is 14.1. The Hall–Kier alpha value is -6.62. The molecule has 0 amide bonds. The van der Waals surface area contributed by atoms with Gasteiger partial charge in [-0.3, -0.25) is 0 Å². The fraction of sp³-hybridized carbons (Fsp3) is 0. The Labute approximate surface area is 305 Å². The molecule has 0 bridgehead atoms. The highest BCUT2D eigenvalue weighted by molar-refractivity contribution is 7.25. The standard InChI is InChI=1S/C48H31N3S/c1-3-11-32(12-4-1)33-19-24-39(25-20-33)51(38-15-5-2-6-16-38)40-26-21-34(22-27-40)48-49-44-18-10-9-17-41(44)47(50-48)37-23-28-45-42(30-37)43-29-35-13-7-8-14-36(35)31-46(43)52-45/h1-31H. The summed E-state index contributed by atoms with van der Waals surface area (Å²) in [5.41, 5.74) is 9.57. The van der Waals surface area contributed by atoms with Crippen molar-refractivity contribution in [1.29, 1.82) is 0 Å². The van der Waals surface area contributed by atoms with E-state index >= 15 is 0 Å². The monoisotopic (exact) mass is 681 g/mol. The molecule has 2 heterocycles. The van der Waals surface area contributed by atoms with Gasteiger partial charge in [0.2, 0.25) is 0 Å². The Morgan fingerprint density at radius 2 is 0.923 bits per heavy atom. The number of rotatable bonds is 6. The second-order valence-electron chi connectivity index (χ2n) is 13.1. The highest BCUT2D eigenvalue weighted by Gasteiger charge is 2.16. The lowest BCUT2D eigenvalue weighted by atomic mass is 10.0. The van der Waals surface area contributed by atoms with Crippen LogP contribution in [0.5, 0.6) is 0 Å². The molecule has 8 aromatic carbocycles. The van der Waals surface area contributed by atoms with Crippen LogP contribution in [0.25, 0.3) is 75.6 Å². The lowest BCUT2D eigenvalue weighted by Crippen LogP contribution is -2.09. The molecule has 3 nitrogen and oxygen atoms in total. The quantitative estimate of drug-likeness (QED) is 0.175. The van der Waals surface area contributed by atoms with Crippen LogP contribution >= 0.6 is 11.3 Å². The zero-order valence-corrected chi connectivity index (χ0v) is 29.0. The summed E-state index contributed by atoms with van der Waals surface area (Å²) in [5.74, 6) is 0.708. The van der Waals surface area contributed by atoms with E-state index < -0.39 is 0 Å². The Kier molecular flexibility index (Phi) is 7.33. The van der Waals surface area contributed by atoms with Gasteiger partial charge in [-0.2, -0.15) is 0 Å². The van der Waals surface area contributed by atoms with Crippen molar-refractivity contribution in [3.8, 4) is 33.8 Å². The molecule has 0 saturated carbocycles. The summed E-state index contributed by atoms with van der Waals surface area (Å²) in [6.45, 7) is 0. The van der Waals surface area contributed by atoms with Crippen molar-refractivity contribution < 1.29 is 0 Å². The highest BCUT2D eigenvalue weighted by atomic mass is 32.1. The van der Waals surface area contributed by atoms with E-state index in [0.717, 1.165) is 44.8 Å². The van der Waals surface area contributed by atoms with E-state index in [1.807, 2.05) is 17.4 Å². The summed E-state index contributed by atoms with van der Waals surface area (Å²) in [7, 11) is 0. The zero-order chi connectivity index (χ0) is 34.4. The van der Waals surface area contributed by atoms with Crippen molar-refractivity contribution in [2.24, 2.45) is 0 Å². The molecule has 0 spiro atoms. The summed E-state index contributed by atoms with van der Waals surface area (Å²) >= 11 is 1.85. The lowest BCUT2D eigenvalue weighted by molar-refractivity contribution is 1.22. The van der Waals surface area contributed by atoms with Crippen LogP contribution in [0, 0.1) is 0 Å². The predicted molar refractivity (Wildman–Crippen MR) is 221 cm³/mol. The van der Waals surface area contributed by atoms with Crippen molar-refractivity contribution in [2.45, 2.75) is 0 Å². The number of nitrogens with zero attached hydrogens (tertiary/aromatic N) is 3. The third-order valence-corrected chi connectivity index (χ3v) is 11.0. The maximum atomic E-state index is 5.27. The van der Waals surface area contributed by atoms with Gasteiger partial charge in [0.05, 0.1) is 11.2 Å². The Morgan fingerprint density at radius 3 is 1.67 bits per heavy atom. The lowest BCUT2D eigenvalue weighted by Gasteiger charge is -2.26. The number of thiophene rings is 1. The van der Waals surface area contributed by atoms with E-state index in [2.05, 4.69) is 187 Å². The van der Waals surface area contributed by atoms with Gasteiger partial charge in [-0.1, -0.05) is 109 Å². The van der Waals surface area contributed by atoms with Crippen molar-refractivity contribution in [1.82, 2.24) is 9.97 Å². The number of aromatic nitrogens is 2. The third kappa shape index (κ3) is 5.38. The van der Waals surface area contributed by atoms with Gasteiger partial charge >= 0.3 is 0 Å². The van der Waals surface area contributed by atoms with Gasteiger partial charge < -0.3 is 4.90 Å². The van der Waals surface area contributed by atoms with E-state index in [4.69, 9.17) is 9.97 Å². The number of fused-ring (bicyclic) bond motifs is 5. The first-order chi connectivity index (χ1) is 25.7. The minimum absolute atomic E-state index is 0.708. The fourth-order valence-electron chi connectivity index (χ4n) is 7.25. The van der Waals surface area contributed by atoms with Gasteiger partial charge in [0.1, 0.15) is 0 Å². The molecule has 244 valence electrons. The average Bonchev–Trinajstić information content (AvgIpc) is 3.57. The van der Waals surface area contributed by atoms with Crippen LogP contribution in [0.4, 0.5) is 17.1 Å². The molecule has 10 aromatic rings. The molecule has 0 atom stereocenters. The van der Waals surface area contributed by atoms with Gasteiger partial charge in [0, 0.05) is 53.7 Å². The largest absolute Gasteiger partial charge is 0.311 e. The highest BCUT2D eigenvalue weighted by Crippen LogP contribution is 2.40. The first-order valence-corrected chi connectivity index (χ1v) is 18.3. The molecule has 2 aromatic heterocycles. The Bertz CT molecular complexity index is 2880. The topological polar surface area (TPSA) is 29.0 Å². The molecule has 0 N–H and O–H groups in total. The molecule has 0 saturated heterocycles. The summed E-state index contributed by atoms with van der Waals surface area (Å²) in [5, 5.41) is 6.11. The normalized spacial score (nSPS) is 11.5. The number of anilines is 3. The van der Waals surface area contributed by atoms with Gasteiger partial charge in [0.15, 0.2) is 5.82 Å². The minimum atomic E-state index is 0.708. The Morgan fingerprint density at radius 1 is 0.365 bits per heavy atom. The maximum absolute atomic E-state index is 5.27. The van der Waals surface area contributed by atoms with E-state index in [1.165, 1.54) is 42.1 Å². The third-order valence-electron chi connectivity index (χ3n) is 9.84. The van der Waals surface area contributed by atoms with Gasteiger partial charge in [-0.15, -0.1) is 11.3 Å². The molecular formula is C48H31N3S. The zero-order valence-electron chi connectivity index (χ0n) is 28.1. The molecule has 0 radical (unpaired) electrons.